The summed E-state index contributed by atoms with van der Waals surface area (Å²) >= 11 is 0. The van der Waals surface area contributed by atoms with Crippen molar-refractivity contribution in [1.82, 2.24) is 0 Å². The van der Waals surface area contributed by atoms with Gasteiger partial charge in [0, 0.05) is 17.7 Å². The van der Waals surface area contributed by atoms with Gasteiger partial charge in [-0.25, -0.2) is 26.3 Å². The zero-order chi connectivity index (χ0) is 36.4. The van der Waals surface area contributed by atoms with E-state index in [1.807, 2.05) is 24.3 Å². The third-order valence-corrected chi connectivity index (χ3v) is 7.69. The van der Waals surface area contributed by atoms with E-state index in [0.717, 1.165) is 48.9 Å². The first-order valence-electron chi connectivity index (χ1n) is 15.1. The van der Waals surface area contributed by atoms with Crippen molar-refractivity contribution < 1.29 is 57.8 Å². The Balaban J connectivity index is 1.36. The van der Waals surface area contributed by atoms with Gasteiger partial charge in [0.1, 0.15) is 29.0 Å². The van der Waals surface area contributed by atoms with Crippen LogP contribution in [0.4, 0.5) is 48.3 Å². The van der Waals surface area contributed by atoms with Crippen LogP contribution >= 0.6 is 0 Å². The topological polar surface area (TPSA) is 18.5 Å². The number of ether oxygens (including phenoxy) is 2. The predicted molar refractivity (Wildman–Crippen MR) is 163 cm³/mol. The lowest BCUT2D eigenvalue weighted by Gasteiger charge is -2.20. The zero-order valence-corrected chi connectivity index (χ0v) is 25.9. The van der Waals surface area contributed by atoms with Crippen LogP contribution in [0.1, 0.15) is 37.3 Å². The van der Waals surface area contributed by atoms with Crippen LogP contribution in [0, 0.1) is 34.9 Å². The molecule has 0 N–H and O–H groups in total. The maximum absolute atomic E-state index is 15.3. The molecule has 5 aromatic rings. The van der Waals surface area contributed by atoms with Gasteiger partial charge in [-0.3, -0.25) is 0 Å². The second-order valence-electron chi connectivity index (χ2n) is 11.2. The summed E-state index contributed by atoms with van der Waals surface area (Å²) in [5.41, 5.74) is -0.835. The monoisotopic (exact) mass is 710 g/mol. The molecule has 0 saturated carbocycles. The third kappa shape index (κ3) is 8.20. The SMILES string of the molecule is CCCCCc1ccc(-c2ccc(-c3cc(F)c(-c4ccc(C(F)(F)Oc5cc(F)c(OC(F)(F)F)c(F)c5)c(F)c4)c(F)c3)c(F)c2)cc1. The molecule has 0 spiro atoms. The van der Waals surface area contributed by atoms with Gasteiger partial charge < -0.3 is 9.47 Å². The van der Waals surface area contributed by atoms with Gasteiger partial charge >= 0.3 is 12.5 Å². The van der Waals surface area contributed by atoms with E-state index in [0.29, 0.717) is 23.8 Å². The third-order valence-electron chi connectivity index (χ3n) is 7.69. The second kappa shape index (κ2) is 14.4. The number of hydrogen-bond acceptors (Lipinski definition) is 2. The Kier molecular flexibility index (Phi) is 10.4. The molecule has 0 fully saturated rings. The number of halogens is 11. The Bertz CT molecular complexity index is 1960. The highest BCUT2D eigenvalue weighted by Crippen LogP contribution is 2.39. The molecular weight excluding hydrogens is 685 g/mol. The van der Waals surface area contributed by atoms with Gasteiger partial charge in [-0.05, 0) is 71.0 Å². The quantitative estimate of drug-likeness (QED) is 0.100. The summed E-state index contributed by atoms with van der Waals surface area (Å²) in [5.74, 6) is -12.4. The smallest absolute Gasteiger partial charge is 0.429 e. The molecule has 2 nitrogen and oxygen atoms in total. The van der Waals surface area contributed by atoms with Crippen LogP contribution in [-0.4, -0.2) is 6.36 Å². The minimum absolute atomic E-state index is 0.0421. The van der Waals surface area contributed by atoms with Gasteiger partial charge in [-0.1, -0.05) is 62.2 Å². The molecule has 0 amide bonds. The number of hydrogen-bond donors (Lipinski definition) is 0. The molecule has 0 heterocycles. The molecule has 0 aliphatic carbocycles. The normalized spacial score (nSPS) is 11.9. The van der Waals surface area contributed by atoms with E-state index in [1.165, 1.54) is 12.1 Å². The number of alkyl halides is 5. The van der Waals surface area contributed by atoms with Crippen molar-refractivity contribution in [3.63, 3.8) is 0 Å². The van der Waals surface area contributed by atoms with Crippen molar-refractivity contribution in [3.05, 3.63) is 131 Å². The van der Waals surface area contributed by atoms with Gasteiger partial charge in [-0.2, -0.15) is 8.78 Å². The molecule has 0 aliphatic heterocycles. The summed E-state index contributed by atoms with van der Waals surface area (Å²) in [6, 6.07) is 14.7. The van der Waals surface area contributed by atoms with Crippen LogP contribution < -0.4 is 9.47 Å². The maximum Gasteiger partial charge on any atom is 0.573 e. The molecular formula is C37H25F11O2. The highest BCUT2D eigenvalue weighted by atomic mass is 19.4. The highest BCUT2D eigenvalue weighted by molar-refractivity contribution is 5.75. The van der Waals surface area contributed by atoms with Gasteiger partial charge in [0.05, 0.1) is 11.1 Å². The molecule has 0 bridgehead atoms. The largest absolute Gasteiger partial charge is 0.573 e. The average Bonchev–Trinajstić information content (AvgIpc) is 3.02. The van der Waals surface area contributed by atoms with Crippen LogP contribution in [0.5, 0.6) is 11.5 Å². The lowest BCUT2D eigenvalue weighted by atomic mass is 9.95. The fourth-order valence-corrected chi connectivity index (χ4v) is 5.29. The molecule has 262 valence electrons. The van der Waals surface area contributed by atoms with Crippen LogP contribution in [0.15, 0.2) is 84.9 Å². The fraction of sp³-hybridized carbons (Fsp3) is 0.189. The van der Waals surface area contributed by atoms with E-state index in [9.17, 15) is 35.1 Å². The molecule has 0 aromatic heterocycles. The highest BCUT2D eigenvalue weighted by Gasteiger charge is 2.39. The summed E-state index contributed by atoms with van der Waals surface area (Å²) in [6.07, 6.45) is -6.00. The van der Waals surface area contributed by atoms with E-state index in [2.05, 4.69) is 16.4 Å². The van der Waals surface area contributed by atoms with Crippen molar-refractivity contribution in [2.45, 2.75) is 45.1 Å². The molecule has 0 unspecified atom stereocenters. The summed E-state index contributed by atoms with van der Waals surface area (Å²) < 4.78 is 163. The van der Waals surface area contributed by atoms with Gasteiger partial charge in [0.15, 0.2) is 11.6 Å². The van der Waals surface area contributed by atoms with Gasteiger partial charge in [0.2, 0.25) is 5.75 Å². The van der Waals surface area contributed by atoms with Gasteiger partial charge in [-0.15, -0.1) is 13.2 Å². The number of rotatable bonds is 11. The molecule has 50 heavy (non-hydrogen) atoms. The molecule has 5 aromatic carbocycles. The molecule has 13 heteroatoms. The fourth-order valence-electron chi connectivity index (χ4n) is 5.29. The Labute approximate surface area is 278 Å². The number of aryl methyl sites for hydroxylation is 1. The number of benzene rings is 5. The lowest BCUT2D eigenvalue weighted by Crippen LogP contribution is -2.24. The van der Waals surface area contributed by atoms with E-state index < -0.39 is 75.6 Å². The van der Waals surface area contributed by atoms with Gasteiger partial charge in [0.25, 0.3) is 0 Å². The van der Waals surface area contributed by atoms with E-state index in [1.54, 1.807) is 6.07 Å². The number of unbranched alkanes of at least 4 members (excludes halogenated alkanes) is 2. The standard InChI is InChI=1S/C37H25F11O2/c1-2-3-4-5-20-6-8-21(9-7-20)22-10-12-26(28(38)14-22)24-16-30(40)34(31(41)17-24)23-11-13-27(29(39)15-23)36(44,45)49-25-18-32(42)35(33(43)19-25)50-37(46,47)48/h6-19H,2-5H2,1H3. The molecule has 0 aliphatic rings. The second-order valence-corrected chi connectivity index (χ2v) is 11.2. The zero-order valence-electron chi connectivity index (χ0n) is 25.9. The van der Waals surface area contributed by atoms with E-state index in [4.69, 9.17) is 0 Å². The molecule has 0 radical (unpaired) electrons. The van der Waals surface area contributed by atoms with Crippen molar-refractivity contribution in [1.29, 1.82) is 0 Å². The van der Waals surface area contributed by atoms with Crippen molar-refractivity contribution >= 4 is 0 Å². The summed E-state index contributed by atoms with van der Waals surface area (Å²) in [7, 11) is 0. The van der Waals surface area contributed by atoms with Crippen molar-refractivity contribution in [3.8, 4) is 44.9 Å². The first-order valence-corrected chi connectivity index (χ1v) is 15.1. The maximum atomic E-state index is 15.3. The van der Waals surface area contributed by atoms with Crippen molar-refractivity contribution in [2.75, 3.05) is 0 Å². The average molecular weight is 711 g/mol. The first kappa shape index (κ1) is 36.2. The van der Waals surface area contributed by atoms with Crippen LogP contribution in [0.2, 0.25) is 0 Å². The Morgan fingerprint density at radius 3 is 1.64 bits per heavy atom. The van der Waals surface area contributed by atoms with Crippen LogP contribution in [0.25, 0.3) is 33.4 Å². The first-order chi connectivity index (χ1) is 23.6. The van der Waals surface area contributed by atoms with E-state index >= 15 is 13.2 Å². The molecule has 0 atom stereocenters. The van der Waals surface area contributed by atoms with Crippen LogP contribution in [-0.2, 0) is 12.5 Å². The summed E-state index contributed by atoms with van der Waals surface area (Å²) in [6.45, 7) is 2.11. The van der Waals surface area contributed by atoms with Crippen LogP contribution in [0.3, 0.4) is 0 Å². The minimum Gasteiger partial charge on any atom is -0.429 e. The Morgan fingerprint density at radius 1 is 0.520 bits per heavy atom. The predicted octanol–water partition coefficient (Wildman–Crippen LogP) is 12.3. The van der Waals surface area contributed by atoms with E-state index in [-0.39, 0.29) is 23.3 Å². The molecule has 5 rings (SSSR count). The summed E-state index contributed by atoms with van der Waals surface area (Å²) in [5, 5.41) is 0. The van der Waals surface area contributed by atoms with Crippen molar-refractivity contribution in [2.24, 2.45) is 0 Å². The Hall–Kier alpha value is -5.07. The summed E-state index contributed by atoms with van der Waals surface area (Å²) in [4.78, 5) is 0. The molecule has 0 saturated heterocycles. The lowest BCUT2D eigenvalue weighted by molar-refractivity contribution is -0.276. The minimum atomic E-state index is -5.50. The Morgan fingerprint density at radius 2 is 1.08 bits per heavy atom.